The highest BCUT2D eigenvalue weighted by Gasteiger charge is 2.26. The molecule has 0 saturated heterocycles. The fourth-order valence-corrected chi connectivity index (χ4v) is 2.02. The molecule has 1 fully saturated rings. The zero-order valence-electron chi connectivity index (χ0n) is 9.47. The minimum Gasteiger partial charge on any atom is -0.378 e. The van der Waals surface area contributed by atoms with E-state index in [0.717, 1.165) is 31.4 Å². The van der Waals surface area contributed by atoms with Gasteiger partial charge in [0.2, 0.25) is 0 Å². The van der Waals surface area contributed by atoms with Crippen LogP contribution in [0.2, 0.25) is 0 Å². The zero-order chi connectivity index (χ0) is 12.3. The molecule has 1 aliphatic carbocycles. The van der Waals surface area contributed by atoms with E-state index in [4.69, 9.17) is 0 Å². The Morgan fingerprint density at radius 2 is 1.76 bits per heavy atom. The lowest BCUT2D eigenvalue weighted by Crippen LogP contribution is -2.29. The molecule has 0 radical (unpaired) electrons. The normalized spacial score (nSPS) is 18.3. The van der Waals surface area contributed by atoms with Crippen molar-refractivity contribution >= 4 is 0 Å². The molecule has 0 aliphatic heterocycles. The molecule has 0 aromatic heterocycles. The second-order valence-electron chi connectivity index (χ2n) is 4.47. The quantitative estimate of drug-likeness (QED) is 0.686. The van der Waals surface area contributed by atoms with Crippen LogP contribution in [0.1, 0.15) is 37.7 Å². The van der Waals surface area contributed by atoms with Gasteiger partial charge in [-0.1, -0.05) is 18.3 Å². The van der Waals surface area contributed by atoms with Gasteiger partial charge in [-0.25, -0.2) is 8.78 Å². The topological polar surface area (TPSA) is 20.2 Å². The van der Waals surface area contributed by atoms with Crippen molar-refractivity contribution in [3.05, 3.63) is 35.4 Å². The summed E-state index contributed by atoms with van der Waals surface area (Å²) in [5.74, 6) is 3.70. The van der Waals surface area contributed by atoms with Crippen molar-refractivity contribution in [1.82, 2.24) is 0 Å². The van der Waals surface area contributed by atoms with Gasteiger partial charge in [0.05, 0.1) is 0 Å². The summed E-state index contributed by atoms with van der Waals surface area (Å²) in [7, 11) is 0. The summed E-state index contributed by atoms with van der Waals surface area (Å²) in [5, 5.41) is 10.1. The molecule has 0 unspecified atom stereocenters. The second kappa shape index (κ2) is 4.85. The summed E-state index contributed by atoms with van der Waals surface area (Å²) in [6, 6.07) is 3.51. The predicted molar refractivity (Wildman–Crippen MR) is 61.3 cm³/mol. The van der Waals surface area contributed by atoms with Crippen molar-refractivity contribution in [2.75, 3.05) is 0 Å². The molecule has 17 heavy (non-hydrogen) atoms. The third-order valence-corrected chi connectivity index (χ3v) is 3.04. The maximum atomic E-state index is 12.9. The Hall–Kier alpha value is -1.40. The summed E-state index contributed by atoms with van der Waals surface area (Å²) in [6.45, 7) is 0. The standard InChI is InChI=1S/C14H14F2O/c15-12-5-4-11(10-13(12)16)6-9-14(17)7-2-1-3-8-14/h4-5,10,17H,1-3,7-8H2. The lowest BCUT2D eigenvalue weighted by molar-refractivity contribution is 0.0610. The highest BCUT2D eigenvalue weighted by molar-refractivity contribution is 5.36. The van der Waals surface area contributed by atoms with Crippen LogP contribution in [0, 0.1) is 23.5 Å². The number of aliphatic hydroxyl groups is 1. The van der Waals surface area contributed by atoms with Crippen LogP contribution in [-0.4, -0.2) is 10.7 Å². The van der Waals surface area contributed by atoms with Crippen molar-refractivity contribution in [2.24, 2.45) is 0 Å². The number of rotatable bonds is 0. The van der Waals surface area contributed by atoms with Crippen molar-refractivity contribution in [3.63, 3.8) is 0 Å². The Balaban J connectivity index is 2.17. The van der Waals surface area contributed by atoms with Crippen LogP contribution < -0.4 is 0 Å². The Morgan fingerprint density at radius 1 is 1.06 bits per heavy atom. The van der Waals surface area contributed by atoms with Gasteiger partial charge in [-0.3, -0.25) is 0 Å². The van der Waals surface area contributed by atoms with Gasteiger partial charge in [-0.05, 0) is 43.9 Å². The van der Waals surface area contributed by atoms with E-state index in [1.807, 2.05) is 0 Å². The van der Waals surface area contributed by atoms with Gasteiger partial charge < -0.3 is 5.11 Å². The average molecular weight is 236 g/mol. The number of hydrogen-bond acceptors (Lipinski definition) is 1. The second-order valence-corrected chi connectivity index (χ2v) is 4.47. The number of halogens is 2. The van der Waals surface area contributed by atoms with E-state index in [-0.39, 0.29) is 0 Å². The van der Waals surface area contributed by atoms with Gasteiger partial charge in [-0.15, -0.1) is 0 Å². The SMILES string of the molecule is OC1(C#Cc2ccc(F)c(F)c2)CCCCC1. The molecule has 1 N–H and O–H groups in total. The van der Waals surface area contributed by atoms with Crippen molar-refractivity contribution < 1.29 is 13.9 Å². The molecule has 1 saturated carbocycles. The van der Waals surface area contributed by atoms with Crippen LogP contribution in [0.5, 0.6) is 0 Å². The molecule has 0 atom stereocenters. The molecule has 90 valence electrons. The number of hydrogen-bond donors (Lipinski definition) is 1. The molecule has 0 bridgehead atoms. The number of benzene rings is 1. The molecular weight excluding hydrogens is 222 g/mol. The van der Waals surface area contributed by atoms with Crippen LogP contribution in [0.25, 0.3) is 0 Å². The predicted octanol–water partition coefficient (Wildman–Crippen LogP) is 3.01. The summed E-state index contributed by atoms with van der Waals surface area (Å²) >= 11 is 0. The van der Waals surface area contributed by atoms with Crippen molar-refractivity contribution in [2.45, 2.75) is 37.7 Å². The van der Waals surface area contributed by atoms with Gasteiger partial charge >= 0.3 is 0 Å². The Labute approximate surface area is 99.5 Å². The summed E-state index contributed by atoms with van der Waals surface area (Å²) in [4.78, 5) is 0. The lowest BCUT2D eigenvalue weighted by atomic mass is 9.85. The van der Waals surface area contributed by atoms with Crippen LogP contribution in [-0.2, 0) is 0 Å². The molecule has 1 nitrogen and oxygen atoms in total. The smallest absolute Gasteiger partial charge is 0.160 e. The van der Waals surface area contributed by atoms with E-state index in [9.17, 15) is 13.9 Å². The molecular formula is C14H14F2O. The summed E-state index contributed by atoms with van der Waals surface area (Å²) < 4.78 is 25.6. The van der Waals surface area contributed by atoms with Crippen molar-refractivity contribution in [3.8, 4) is 11.8 Å². The summed E-state index contributed by atoms with van der Waals surface area (Å²) in [6.07, 6.45) is 4.36. The molecule has 0 heterocycles. The van der Waals surface area contributed by atoms with Crippen LogP contribution in [0.4, 0.5) is 8.78 Å². The van der Waals surface area contributed by atoms with Crippen molar-refractivity contribution in [1.29, 1.82) is 0 Å². The van der Waals surface area contributed by atoms with E-state index in [1.165, 1.54) is 6.07 Å². The molecule has 1 aromatic carbocycles. The molecule has 1 aromatic rings. The molecule has 0 spiro atoms. The van der Waals surface area contributed by atoms with Crippen LogP contribution >= 0.6 is 0 Å². The first-order valence-corrected chi connectivity index (χ1v) is 5.80. The summed E-state index contributed by atoms with van der Waals surface area (Å²) in [5.41, 5.74) is -0.564. The van der Waals surface area contributed by atoms with Gasteiger partial charge in [-0.2, -0.15) is 0 Å². The first kappa shape index (κ1) is 12.1. The Kier molecular flexibility index (Phi) is 3.44. The fourth-order valence-electron chi connectivity index (χ4n) is 2.02. The zero-order valence-corrected chi connectivity index (χ0v) is 9.47. The maximum absolute atomic E-state index is 12.9. The van der Waals surface area contributed by atoms with Crippen LogP contribution in [0.3, 0.4) is 0 Å². The minimum atomic E-state index is -0.955. The average Bonchev–Trinajstić information content (AvgIpc) is 2.32. The van der Waals surface area contributed by atoms with E-state index in [1.54, 1.807) is 0 Å². The van der Waals surface area contributed by atoms with E-state index >= 15 is 0 Å². The monoisotopic (exact) mass is 236 g/mol. The van der Waals surface area contributed by atoms with Gasteiger partial charge in [0, 0.05) is 5.56 Å². The molecule has 1 aliphatic rings. The third kappa shape index (κ3) is 3.04. The Bertz CT molecular complexity index is 465. The van der Waals surface area contributed by atoms with Gasteiger partial charge in [0.25, 0.3) is 0 Å². The molecule has 2 rings (SSSR count). The highest BCUT2D eigenvalue weighted by Crippen LogP contribution is 2.27. The highest BCUT2D eigenvalue weighted by atomic mass is 19.2. The van der Waals surface area contributed by atoms with E-state index < -0.39 is 17.2 Å². The molecule has 3 heteroatoms. The van der Waals surface area contributed by atoms with Crippen LogP contribution in [0.15, 0.2) is 18.2 Å². The third-order valence-electron chi connectivity index (χ3n) is 3.04. The maximum Gasteiger partial charge on any atom is 0.160 e. The fraction of sp³-hybridized carbons (Fsp3) is 0.429. The lowest BCUT2D eigenvalue weighted by Gasteiger charge is -2.26. The molecule has 0 amide bonds. The van der Waals surface area contributed by atoms with Gasteiger partial charge in [0.15, 0.2) is 11.6 Å². The van der Waals surface area contributed by atoms with E-state index in [2.05, 4.69) is 11.8 Å². The first-order chi connectivity index (χ1) is 8.09. The minimum absolute atomic E-state index is 0.392. The van der Waals surface area contributed by atoms with Gasteiger partial charge in [0.1, 0.15) is 5.60 Å². The largest absolute Gasteiger partial charge is 0.378 e. The first-order valence-electron chi connectivity index (χ1n) is 5.80. The van der Waals surface area contributed by atoms with E-state index in [0.29, 0.717) is 18.4 Å². The Morgan fingerprint density at radius 3 is 2.41 bits per heavy atom.